The molecule has 0 saturated carbocycles. The van der Waals surface area contributed by atoms with Crippen molar-refractivity contribution >= 4 is 17.5 Å². The van der Waals surface area contributed by atoms with Crippen LogP contribution in [0.15, 0.2) is 6.07 Å². The summed E-state index contributed by atoms with van der Waals surface area (Å²) in [5.74, 6) is 0.503. The van der Waals surface area contributed by atoms with Gasteiger partial charge in [-0.1, -0.05) is 27.7 Å². The molecule has 3 heterocycles. The maximum absolute atomic E-state index is 12.6. The summed E-state index contributed by atoms with van der Waals surface area (Å²) >= 11 is 0. The first kappa shape index (κ1) is 23.2. The van der Waals surface area contributed by atoms with Crippen LogP contribution >= 0.6 is 0 Å². The van der Waals surface area contributed by atoms with Gasteiger partial charge in [0.1, 0.15) is 0 Å². The number of rotatable bonds is 6. The van der Waals surface area contributed by atoms with Gasteiger partial charge in [0.25, 0.3) is 0 Å². The van der Waals surface area contributed by atoms with Crippen LogP contribution in [0, 0.1) is 19.3 Å². The molecule has 1 saturated heterocycles. The minimum absolute atomic E-state index is 0.0731. The molecule has 1 aliphatic heterocycles. The second kappa shape index (κ2) is 8.97. The van der Waals surface area contributed by atoms with Crippen molar-refractivity contribution in [3.63, 3.8) is 0 Å². The molecule has 0 spiro atoms. The van der Waals surface area contributed by atoms with Gasteiger partial charge in [0.2, 0.25) is 11.8 Å². The fourth-order valence-electron chi connectivity index (χ4n) is 4.25. The van der Waals surface area contributed by atoms with Crippen molar-refractivity contribution in [2.24, 2.45) is 5.41 Å². The summed E-state index contributed by atoms with van der Waals surface area (Å²) < 4.78 is 1.90. The summed E-state index contributed by atoms with van der Waals surface area (Å²) in [4.78, 5) is 31.6. The summed E-state index contributed by atoms with van der Waals surface area (Å²) in [6, 6.07) is 2.25. The van der Waals surface area contributed by atoms with E-state index in [1.54, 1.807) is 0 Å². The van der Waals surface area contributed by atoms with E-state index in [2.05, 4.69) is 18.3 Å². The highest BCUT2D eigenvalue weighted by atomic mass is 16.2. The number of carbonyl (C=O) groups is 2. The summed E-state index contributed by atoms with van der Waals surface area (Å²) in [6.07, 6.45) is 2.94. The Labute approximate surface area is 185 Å². The van der Waals surface area contributed by atoms with Gasteiger partial charge in [-0.2, -0.15) is 5.10 Å². The molecule has 0 bridgehead atoms. The zero-order chi connectivity index (χ0) is 22.9. The van der Waals surface area contributed by atoms with E-state index in [-0.39, 0.29) is 29.2 Å². The van der Waals surface area contributed by atoms with Crippen LogP contribution in [0.25, 0.3) is 5.65 Å². The summed E-state index contributed by atoms with van der Waals surface area (Å²) in [5.41, 5.74) is 4.52. The van der Waals surface area contributed by atoms with Gasteiger partial charge in [0.15, 0.2) is 5.65 Å². The van der Waals surface area contributed by atoms with Crippen LogP contribution in [0.3, 0.4) is 0 Å². The molecule has 1 aliphatic rings. The first-order chi connectivity index (χ1) is 14.5. The lowest BCUT2D eigenvalue weighted by Gasteiger charge is -2.25. The minimum atomic E-state index is -0.362. The van der Waals surface area contributed by atoms with Gasteiger partial charge in [0, 0.05) is 54.3 Å². The summed E-state index contributed by atoms with van der Waals surface area (Å²) in [7, 11) is 0. The first-order valence-corrected chi connectivity index (χ1v) is 11.5. The average molecular weight is 428 g/mol. The highest BCUT2D eigenvalue weighted by Crippen LogP contribution is 2.30. The van der Waals surface area contributed by atoms with E-state index in [1.807, 2.05) is 51.0 Å². The average Bonchev–Trinajstić information content (AvgIpc) is 3.33. The van der Waals surface area contributed by atoms with Gasteiger partial charge in [-0.15, -0.1) is 0 Å². The van der Waals surface area contributed by atoms with Crippen LogP contribution in [0.2, 0.25) is 0 Å². The van der Waals surface area contributed by atoms with Crippen molar-refractivity contribution in [3.05, 3.63) is 28.7 Å². The van der Waals surface area contributed by atoms with Gasteiger partial charge < -0.3 is 10.2 Å². The minimum Gasteiger partial charge on any atom is -0.354 e. The Morgan fingerprint density at radius 1 is 1.29 bits per heavy atom. The second-order valence-electron chi connectivity index (χ2n) is 9.96. The molecule has 7 nitrogen and oxygen atoms in total. The first-order valence-electron chi connectivity index (χ1n) is 11.5. The zero-order valence-corrected chi connectivity index (χ0v) is 20.1. The molecule has 1 fully saturated rings. The largest absolute Gasteiger partial charge is 0.354 e. The number of hydrogen-bond donors (Lipinski definition) is 1. The third-order valence-corrected chi connectivity index (χ3v) is 6.34. The van der Waals surface area contributed by atoms with Crippen LogP contribution in [0.1, 0.15) is 82.4 Å². The van der Waals surface area contributed by atoms with Gasteiger partial charge in [-0.3, -0.25) is 9.59 Å². The Morgan fingerprint density at radius 3 is 2.65 bits per heavy atom. The monoisotopic (exact) mass is 427 g/mol. The van der Waals surface area contributed by atoms with Crippen LogP contribution < -0.4 is 5.32 Å². The molecular formula is C24H37N5O2. The Balaban J connectivity index is 1.77. The molecule has 3 rings (SSSR count). The van der Waals surface area contributed by atoms with Crippen LogP contribution in [-0.4, -0.2) is 50.4 Å². The molecule has 0 unspecified atom stereocenters. The van der Waals surface area contributed by atoms with Gasteiger partial charge in [0.05, 0.1) is 5.69 Å². The number of likely N-dealkylation sites (tertiary alicyclic amines) is 1. The fraction of sp³-hybridized carbons (Fsp3) is 0.667. The normalized spacial score (nSPS) is 17.9. The summed E-state index contributed by atoms with van der Waals surface area (Å²) in [5, 5.41) is 7.88. The molecule has 2 aromatic heterocycles. The van der Waals surface area contributed by atoms with E-state index < -0.39 is 0 Å². The molecule has 2 aromatic rings. The van der Waals surface area contributed by atoms with Crippen molar-refractivity contribution in [1.29, 1.82) is 0 Å². The number of aryl methyl sites for hydroxylation is 2. The van der Waals surface area contributed by atoms with Gasteiger partial charge in [-0.25, -0.2) is 9.50 Å². The third-order valence-electron chi connectivity index (χ3n) is 6.34. The molecule has 170 valence electrons. The molecule has 0 aliphatic carbocycles. The van der Waals surface area contributed by atoms with Crippen molar-refractivity contribution in [1.82, 2.24) is 24.8 Å². The Bertz CT molecular complexity index is 972. The highest BCUT2D eigenvalue weighted by molar-refractivity contribution is 5.81. The topological polar surface area (TPSA) is 79.6 Å². The summed E-state index contributed by atoms with van der Waals surface area (Å²) in [6.45, 7) is 15.5. The molecule has 2 atom stereocenters. The second-order valence-corrected chi connectivity index (χ2v) is 9.96. The van der Waals surface area contributed by atoms with Crippen LogP contribution in [-0.2, 0) is 16.0 Å². The van der Waals surface area contributed by atoms with Crippen LogP contribution in [0.5, 0.6) is 0 Å². The zero-order valence-electron chi connectivity index (χ0n) is 20.1. The predicted molar refractivity (Wildman–Crippen MR) is 122 cm³/mol. The Hall–Kier alpha value is -2.44. The molecule has 0 radical (unpaired) electrons. The van der Waals surface area contributed by atoms with E-state index >= 15 is 0 Å². The molecule has 1 N–H and O–H groups in total. The molecule has 31 heavy (non-hydrogen) atoms. The fourth-order valence-corrected chi connectivity index (χ4v) is 4.25. The number of nitrogens with one attached hydrogen (secondary N) is 1. The molecular weight excluding hydrogens is 390 g/mol. The lowest BCUT2D eigenvalue weighted by atomic mass is 9.95. The lowest BCUT2D eigenvalue weighted by Crippen LogP contribution is -2.37. The number of nitrogens with zero attached hydrogens (tertiary/aromatic N) is 4. The van der Waals surface area contributed by atoms with E-state index in [9.17, 15) is 9.59 Å². The molecule has 2 amide bonds. The Morgan fingerprint density at radius 2 is 2.00 bits per heavy atom. The number of amides is 2. The smallest absolute Gasteiger partial charge is 0.227 e. The number of aromatic nitrogens is 3. The van der Waals surface area contributed by atoms with Gasteiger partial charge >= 0.3 is 0 Å². The van der Waals surface area contributed by atoms with Crippen LogP contribution in [0.4, 0.5) is 0 Å². The van der Waals surface area contributed by atoms with E-state index in [0.29, 0.717) is 19.4 Å². The molecule has 7 heteroatoms. The number of fused-ring (bicyclic) bond motifs is 1. The maximum atomic E-state index is 12.6. The molecule has 0 aromatic carbocycles. The van der Waals surface area contributed by atoms with E-state index in [4.69, 9.17) is 10.1 Å². The van der Waals surface area contributed by atoms with Crippen molar-refractivity contribution in [2.75, 3.05) is 13.1 Å². The Kier molecular flexibility index (Phi) is 6.72. The van der Waals surface area contributed by atoms with Crippen molar-refractivity contribution in [2.45, 2.75) is 86.1 Å². The standard InChI is InChI=1S/C24H37N5O2/c1-8-15(2)25-22(30)10-9-19-16(3)26-21-13-20(27-29(21)17(19)4)18-11-12-28(14-18)23(31)24(5,6)7/h13,15,18H,8-12,14H2,1-7H3,(H,25,30)/t15-,18-/m1/s1. The number of carbonyl (C=O) groups excluding carboxylic acids is 2. The van der Waals surface area contributed by atoms with Gasteiger partial charge in [-0.05, 0) is 45.6 Å². The maximum Gasteiger partial charge on any atom is 0.227 e. The SMILES string of the molecule is CC[C@@H](C)NC(=O)CCc1c(C)nc2cc([C@@H]3CCN(C(=O)C(C)(C)C)C3)nn2c1C. The lowest BCUT2D eigenvalue weighted by molar-refractivity contribution is -0.138. The highest BCUT2D eigenvalue weighted by Gasteiger charge is 2.34. The van der Waals surface area contributed by atoms with Crippen molar-refractivity contribution < 1.29 is 9.59 Å². The van der Waals surface area contributed by atoms with E-state index in [0.717, 1.165) is 47.7 Å². The quantitative estimate of drug-likeness (QED) is 0.764. The van der Waals surface area contributed by atoms with Crippen molar-refractivity contribution in [3.8, 4) is 0 Å². The third kappa shape index (κ3) is 5.08. The van der Waals surface area contributed by atoms with E-state index in [1.165, 1.54) is 0 Å². The number of hydrogen-bond acceptors (Lipinski definition) is 4. The predicted octanol–water partition coefficient (Wildman–Crippen LogP) is 3.56.